The largest absolute Gasteiger partial charge is 0.160 e. The molecule has 1 aromatic rings. The molecular formula is C16H24N2. The average Bonchev–Trinajstić information content (AvgIpc) is 2.31. The van der Waals surface area contributed by atoms with E-state index in [0.717, 1.165) is 11.4 Å². The highest BCUT2D eigenvalue weighted by molar-refractivity contribution is 6.02. The molecule has 1 aromatic carbocycles. The Labute approximate surface area is 111 Å². The molecule has 0 saturated carbocycles. The SMILES string of the molecule is CC(C)=N/N=C(\C)c1c(C)c(C)c(C)c(C)c1C. The lowest BCUT2D eigenvalue weighted by molar-refractivity contribution is 1.15. The maximum atomic E-state index is 4.33. The molecule has 0 N–H and O–H groups in total. The van der Waals surface area contributed by atoms with E-state index in [1.54, 1.807) is 0 Å². The molecule has 0 amide bonds. The van der Waals surface area contributed by atoms with Gasteiger partial charge in [-0.15, -0.1) is 0 Å². The van der Waals surface area contributed by atoms with Gasteiger partial charge in [0.25, 0.3) is 0 Å². The van der Waals surface area contributed by atoms with Crippen LogP contribution in [0.1, 0.15) is 54.2 Å². The van der Waals surface area contributed by atoms with Crippen molar-refractivity contribution in [3.63, 3.8) is 0 Å². The topological polar surface area (TPSA) is 24.7 Å². The smallest absolute Gasteiger partial charge is 0.0677 e. The summed E-state index contributed by atoms with van der Waals surface area (Å²) in [5.74, 6) is 0. The standard InChI is InChI=1S/C16H24N2/c1-9(2)17-18-15(8)16-13(6)11(4)10(3)12(5)14(16)7/h1-8H3/b18-15+. The summed E-state index contributed by atoms with van der Waals surface area (Å²) in [5, 5.41) is 8.50. The monoisotopic (exact) mass is 244 g/mol. The first kappa shape index (κ1) is 14.6. The Hall–Kier alpha value is -1.44. The van der Waals surface area contributed by atoms with Crippen LogP contribution in [0.4, 0.5) is 0 Å². The fourth-order valence-electron chi connectivity index (χ4n) is 2.27. The van der Waals surface area contributed by atoms with Crippen molar-refractivity contribution in [3.8, 4) is 0 Å². The van der Waals surface area contributed by atoms with Crippen molar-refractivity contribution < 1.29 is 0 Å². The third-order valence-corrected chi connectivity index (χ3v) is 3.76. The highest BCUT2D eigenvalue weighted by atomic mass is 15.2. The summed E-state index contributed by atoms with van der Waals surface area (Å²) in [5.41, 5.74) is 9.97. The van der Waals surface area contributed by atoms with Crippen LogP contribution < -0.4 is 0 Å². The summed E-state index contributed by atoms with van der Waals surface area (Å²) >= 11 is 0. The highest BCUT2D eigenvalue weighted by Crippen LogP contribution is 2.26. The minimum atomic E-state index is 0.977. The molecule has 0 aliphatic carbocycles. The van der Waals surface area contributed by atoms with Crippen molar-refractivity contribution in [2.24, 2.45) is 10.2 Å². The van der Waals surface area contributed by atoms with Gasteiger partial charge >= 0.3 is 0 Å². The minimum absolute atomic E-state index is 0.977. The van der Waals surface area contributed by atoms with Crippen molar-refractivity contribution in [1.29, 1.82) is 0 Å². The van der Waals surface area contributed by atoms with E-state index in [1.165, 1.54) is 33.4 Å². The van der Waals surface area contributed by atoms with Gasteiger partial charge in [-0.25, -0.2) is 0 Å². The van der Waals surface area contributed by atoms with E-state index < -0.39 is 0 Å². The summed E-state index contributed by atoms with van der Waals surface area (Å²) in [6, 6.07) is 0. The minimum Gasteiger partial charge on any atom is -0.160 e. The molecule has 0 aliphatic rings. The fourth-order valence-corrected chi connectivity index (χ4v) is 2.27. The van der Waals surface area contributed by atoms with E-state index in [0.29, 0.717) is 0 Å². The van der Waals surface area contributed by atoms with E-state index >= 15 is 0 Å². The molecule has 0 aromatic heterocycles. The second kappa shape index (κ2) is 5.47. The number of hydrogen-bond acceptors (Lipinski definition) is 2. The summed E-state index contributed by atoms with van der Waals surface area (Å²) < 4.78 is 0. The zero-order valence-electron chi connectivity index (χ0n) is 12.9. The maximum absolute atomic E-state index is 4.33. The first-order chi connectivity index (χ1) is 8.27. The first-order valence-corrected chi connectivity index (χ1v) is 6.40. The molecule has 2 heteroatoms. The van der Waals surface area contributed by atoms with Gasteiger partial charge < -0.3 is 0 Å². The van der Waals surface area contributed by atoms with Gasteiger partial charge in [0.2, 0.25) is 0 Å². The summed E-state index contributed by atoms with van der Waals surface area (Å²) in [6.45, 7) is 16.9. The maximum Gasteiger partial charge on any atom is 0.0677 e. The van der Waals surface area contributed by atoms with Crippen LogP contribution in [0.15, 0.2) is 10.2 Å². The molecule has 0 bridgehead atoms. The molecule has 0 aliphatic heterocycles. The second-order valence-corrected chi connectivity index (χ2v) is 5.23. The molecular weight excluding hydrogens is 220 g/mol. The normalized spacial score (nSPS) is 11.7. The quantitative estimate of drug-likeness (QED) is 0.543. The van der Waals surface area contributed by atoms with Crippen LogP contribution >= 0.6 is 0 Å². The van der Waals surface area contributed by atoms with Crippen LogP contribution in [-0.2, 0) is 0 Å². The lowest BCUT2D eigenvalue weighted by atomic mass is 9.88. The number of nitrogens with zero attached hydrogens (tertiary/aromatic N) is 2. The molecule has 1 rings (SSSR count). The molecule has 0 heterocycles. The van der Waals surface area contributed by atoms with Crippen molar-refractivity contribution in [2.75, 3.05) is 0 Å². The Kier molecular flexibility index (Phi) is 4.44. The Morgan fingerprint density at radius 2 is 1.00 bits per heavy atom. The van der Waals surface area contributed by atoms with Gasteiger partial charge in [-0.2, -0.15) is 10.2 Å². The van der Waals surface area contributed by atoms with Crippen LogP contribution in [0.2, 0.25) is 0 Å². The Bertz CT molecular complexity index is 502. The van der Waals surface area contributed by atoms with Gasteiger partial charge in [0, 0.05) is 11.3 Å². The third kappa shape index (κ3) is 2.69. The Morgan fingerprint density at radius 3 is 1.39 bits per heavy atom. The molecule has 98 valence electrons. The van der Waals surface area contributed by atoms with Crippen molar-refractivity contribution >= 4 is 11.4 Å². The molecule has 0 unspecified atom stereocenters. The van der Waals surface area contributed by atoms with Gasteiger partial charge in [0.05, 0.1) is 5.71 Å². The zero-order valence-corrected chi connectivity index (χ0v) is 12.9. The average molecular weight is 244 g/mol. The van der Waals surface area contributed by atoms with Crippen molar-refractivity contribution in [1.82, 2.24) is 0 Å². The number of hydrogen-bond donors (Lipinski definition) is 0. The van der Waals surface area contributed by atoms with Crippen molar-refractivity contribution in [3.05, 3.63) is 33.4 Å². The van der Waals surface area contributed by atoms with Crippen LogP contribution in [-0.4, -0.2) is 11.4 Å². The second-order valence-electron chi connectivity index (χ2n) is 5.23. The highest BCUT2D eigenvalue weighted by Gasteiger charge is 2.14. The zero-order chi connectivity index (χ0) is 14.0. The van der Waals surface area contributed by atoms with Crippen LogP contribution in [0.5, 0.6) is 0 Å². The molecule has 0 fully saturated rings. The van der Waals surface area contributed by atoms with Gasteiger partial charge in [-0.1, -0.05) is 0 Å². The van der Waals surface area contributed by atoms with E-state index in [-0.39, 0.29) is 0 Å². The Morgan fingerprint density at radius 1 is 0.611 bits per heavy atom. The lowest BCUT2D eigenvalue weighted by Gasteiger charge is -2.18. The third-order valence-electron chi connectivity index (χ3n) is 3.76. The van der Waals surface area contributed by atoms with Crippen LogP contribution in [0.25, 0.3) is 0 Å². The molecule has 0 spiro atoms. The lowest BCUT2D eigenvalue weighted by Crippen LogP contribution is -2.07. The summed E-state index contributed by atoms with van der Waals surface area (Å²) in [4.78, 5) is 0. The molecule has 18 heavy (non-hydrogen) atoms. The molecule has 0 radical (unpaired) electrons. The van der Waals surface area contributed by atoms with Gasteiger partial charge in [0.15, 0.2) is 0 Å². The van der Waals surface area contributed by atoms with E-state index in [9.17, 15) is 0 Å². The van der Waals surface area contributed by atoms with Gasteiger partial charge in [0.1, 0.15) is 0 Å². The number of rotatable bonds is 2. The van der Waals surface area contributed by atoms with Crippen LogP contribution in [0, 0.1) is 34.6 Å². The summed E-state index contributed by atoms with van der Waals surface area (Å²) in [6.07, 6.45) is 0. The van der Waals surface area contributed by atoms with E-state index in [4.69, 9.17) is 0 Å². The number of benzene rings is 1. The van der Waals surface area contributed by atoms with E-state index in [2.05, 4.69) is 44.8 Å². The Balaban J connectivity index is 3.52. The van der Waals surface area contributed by atoms with Gasteiger partial charge in [-0.3, -0.25) is 0 Å². The molecule has 2 nitrogen and oxygen atoms in total. The first-order valence-electron chi connectivity index (χ1n) is 6.40. The predicted octanol–water partition coefficient (Wildman–Crippen LogP) is 4.43. The fraction of sp³-hybridized carbons (Fsp3) is 0.500. The van der Waals surface area contributed by atoms with Crippen molar-refractivity contribution in [2.45, 2.75) is 55.4 Å². The molecule has 0 saturated heterocycles. The van der Waals surface area contributed by atoms with E-state index in [1.807, 2.05) is 20.8 Å². The van der Waals surface area contributed by atoms with Crippen LogP contribution in [0.3, 0.4) is 0 Å². The molecule has 0 atom stereocenters. The summed E-state index contributed by atoms with van der Waals surface area (Å²) in [7, 11) is 0. The predicted molar refractivity (Wildman–Crippen MR) is 81.1 cm³/mol. The van der Waals surface area contributed by atoms with Gasteiger partial charge in [-0.05, 0) is 83.2 Å².